The molecule has 3 rings (SSSR count). The molecule has 0 spiro atoms. The molecule has 2 saturated heterocycles. The summed E-state index contributed by atoms with van der Waals surface area (Å²) >= 11 is 0. The molecule has 1 N–H and O–H groups in total. The number of anilines is 1. The van der Waals surface area contributed by atoms with Crippen LogP contribution in [0.3, 0.4) is 0 Å². The summed E-state index contributed by atoms with van der Waals surface area (Å²) in [5.41, 5.74) is -0.279. The van der Waals surface area contributed by atoms with E-state index in [1.165, 1.54) is 16.4 Å². The lowest BCUT2D eigenvalue weighted by atomic mass is 10.2. The van der Waals surface area contributed by atoms with Crippen LogP contribution in [0.5, 0.6) is 0 Å². The van der Waals surface area contributed by atoms with E-state index < -0.39 is 21.0 Å². The first-order valence-corrected chi connectivity index (χ1v) is 11.2. The van der Waals surface area contributed by atoms with Crippen LogP contribution in [-0.2, 0) is 19.6 Å². The highest BCUT2D eigenvalue weighted by Gasteiger charge is 2.30. The number of nitrogens with zero attached hydrogens (tertiary/aromatic N) is 4. The lowest BCUT2D eigenvalue weighted by Crippen LogP contribution is -2.47. The van der Waals surface area contributed by atoms with Crippen LogP contribution in [-0.4, -0.2) is 98.9 Å². The predicted octanol–water partition coefficient (Wildman–Crippen LogP) is 0.190. The van der Waals surface area contributed by atoms with Gasteiger partial charge in [-0.3, -0.25) is 14.9 Å². The van der Waals surface area contributed by atoms with E-state index in [1.54, 1.807) is 11.8 Å². The van der Waals surface area contributed by atoms with E-state index in [1.807, 2.05) is 11.9 Å². The molecule has 1 atom stereocenters. The van der Waals surface area contributed by atoms with Gasteiger partial charge in [0.05, 0.1) is 23.0 Å². The molecular formula is C18H27N5O6S. The number of sulfonamides is 1. The molecule has 2 fully saturated rings. The van der Waals surface area contributed by atoms with Gasteiger partial charge in [0.25, 0.3) is 5.69 Å². The maximum absolute atomic E-state index is 12.9. The van der Waals surface area contributed by atoms with Crippen LogP contribution in [0.4, 0.5) is 11.4 Å². The SMILES string of the molecule is C[C@@H](Nc1ccc(S(=O)(=O)N2CCN(C)CC2)cc1[N+](=O)[O-])C(=O)N1CCOCC1. The Morgan fingerprint density at radius 3 is 2.40 bits per heavy atom. The Kier molecular flexibility index (Phi) is 6.91. The number of piperazine rings is 1. The van der Waals surface area contributed by atoms with E-state index in [4.69, 9.17) is 4.74 Å². The van der Waals surface area contributed by atoms with Crippen LogP contribution in [0.25, 0.3) is 0 Å². The summed E-state index contributed by atoms with van der Waals surface area (Å²) in [7, 11) is -1.92. The Hall–Kier alpha value is -2.28. The van der Waals surface area contributed by atoms with Crippen LogP contribution in [0.2, 0.25) is 0 Å². The first-order valence-electron chi connectivity index (χ1n) is 9.80. The number of rotatable bonds is 6. The zero-order valence-electron chi connectivity index (χ0n) is 17.1. The van der Waals surface area contributed by atoms with Crippen molar-refractivity contribution in [3.8, 4) is 0 Å². The van der Waals surface area contributed by atoms with Crippen LogP contribution in [0.15, 0.2) is 23.1 Å². The quantitative estimate of drug-likeness (QED) is 0.490. The number of benzene rings is 1. The Labute approximate surface area is 175 Å². The molecule has 2 aliphatic heterocycles. The molecule has 0 radical (unpaired) electrons. The van der Waals surface area contributed by atoms with Crippen molar-refractivity contribution in [1.82, 2.24) is 14.1 Å². The predicted molar refractivity (Wildman–Crippen MR) is 110 cm³/mol. The molecule has 0 bridgehead atoms. The number of ether oxygens (including phenoxy) is 1. The van der Waals surface area contributed by atoms with Crippen LogP contribution in [0.1, 0.15) is 6.92 Å². The molecule has 166 valence electrons. The molecule has 11 nitrogen and oxygen atoms in total. The standard InChI is InChI=1S/C18H27N5O6S/c1-14(18(24)21-9-11-29-12-10-21)19-16-4-3-15(13-17(16)23(25)26)30(27,28)22-7-5-20(2)6-8-22/h3-4,13-14,19H,5-12H2,1-2H3/t14-/m1/s1. The normalized spacial score (nSPS) is 20.0. The van der Waals surface area contributed by atoms with Crippen molar-refractivity contribution >= 4 is 27.3 Å². The molecular weight excluding hydrogens is 414 g/mol. The summed E-state index contributed by atoms with van der Waals surface area (Å²) in [6.07, 6.45) is 0. The number of nitro benzene ring substituents is 1. The van der Waals surface area contributed by atoms with Crippen molar-refractivity contribution < 1.29 is 22.9 Å². The Bertz CT molecular complexity index is 894. The van der Waals surface area contributed by atoms with Gasteiger partial charge >= 0.3 is 0 Å². The van der Waals surface area contributed by atoms with Gasteiger partial charge in [-0.2, -0.15) is 4.31 Å². The summed E-state index contributed by atoms with van der Waals surface area (Å²) in [4.78, 5) is 27.1. The maximum atomic E-state index is 12.9. The topological polar surface area (TPSA) is 125 Å². The Morgan fingerprint density at radius 2 is 1.80 bits per heavy atom. The third kappa shape index (κ3) is 4.89. The highest BCUT2D eigenvalue weighted by atomic mass is 32.2. The molecule has 0 saturated carbocycles. The first-order chi connectivity index (χ1) is 14.2. The smallest absolute Gasteiger partial charge is 0.293 e. The first kappa shape index (κ1) is 22.4. The molecule has 1 aromatic rings. The van der Waals surface area contributed by atoms with Gasteiger partial charge in [0.15, 0.2) is 0 Å². The molecule has 30 heavy (non-hydrogen) atoms. The van der Waals surface area contributed by atoms with E-state index in [-0.39, 0.29) is 22.2 Å². The van der Waals surface area contributed by atoms with E-state index in [9.17, 15) is 23.3 Å². The average Bonchev–Trinajstić information content (AvgIpc) is 2.74. The van der Waals surface area contributed by atoms with Crippen molar-refractivity contribution in [2.24, 2.45) is 0 Å². The monoisotopic (exact) mass is 441 g/mol. The van der Waals surface area contributed by atoms with Gasteiger partial charge in [-0.15, -0.1) is 0 Å². The number of likely N-dealkylation sites (N-methyl/N-ethyl adjacent to an activating group) is 1. The minimum Gasteiger partial charge on any atom is -0.378 e. The zero-order valence-corrected chi connectivity index (χ0v) is 17.9. The van der Waals surface area contributed by atoms with E-state index in [0.717, 1.165) is 6.07 Å². The number of amides is 1. The Morgan fingerprint density at radius 1 is 1.17 bits per heavy atom. The number of nitrogens with one attached hydrogen (secondary N) is 1. The summed E-state index contributed by atoms with van der Waals surface area (Å²) in [6.45, 7) is 5.33. The van der Waals surface area contributed by atoms with Gasteiger partial charge in [0.1, 0.15) is 11.7 Å². The van der Waals surface area contributed by atoms with Gasteiger partial charge in [0.2, 0.25) is 15.9 Å². The second kappa shape index (κ2) is 9.25. The minimum absolute atomic E-state index is 0.103. The van der Waals surface area contributed by atoms with Gasteiger partial charge in [-0.25, -0.2) is 8.42 Å². The molecule has 0 unspecified atom stereocenters. The van der Waals surface area contributed by atoms with Gasteiger partial charge < -0.3 is 19.9 Å². The highest BCUT2D eigenvalue weighted by Crippen LogP contribution is 2.30. The van der Waals surface area contributed by atoms with Crippen molar-refractivity contribution in [2.45, 2.75) is 17.9 Å². The van der Waals surface area contributed by atoms with Crippen molar-refractivity contribution in [1.29, 1.82) is 0 Å². The van der Waals surface area contributed by atoms with Crippen molar-refractivity contribution in [3.05, 3.63) is 28.3 Å². The molecule has 0 aliphatic carbocycles. The zero-order chi connectivity index (χ0) is 21.9. The lowest BCUT2D eigenvalue weighted by molar-refractivity contribution is -0.384. The molecule has 12 heteroatoms. The number of hydrogen-bond donors (Lipinski definition) is 1. The molecule has 2 heterocycles. The van der Waals surface area contributed by atoms with Gasteiger partial charge in [-0.1, -0.05) is 0 Å². The summed E-state index contributed by atoms with van der Waals surface area (Å²) in [5.74, 6) is -0.193. The van der Waals surface area contributed by atoms with Crippen LogP contribution >= 0.6 is 0 Å². The Balaban J connectivity index is 1.79. The average molecular weight is 442 g/mol. The number of carbonyl (C=O) groups excluding carboxylic acids is 1. The second-order valence-corrected chi connectivity index (χ2v) is 9.39. The summed E-state index contributed by atoms with van der Waals surface area (Å²) < 4.78 is 32.4. The molecule has 0 aromatic heterocycles. The second-order valence-electron chi connectivity index (χ2n) is 7.45. The van der Waals surface area contributed by atoms with E-state index >= 15 is 0 Å². The number of morpholine rings is 1. The fraction of sp³-hybridized carbons (Fsp3) is 0.611. The van der Waals surface area contributed by atoms with E-state index in [0.29, 0.717) is 52.5 Å². The largest absolute Gasteiger partial charge is 0.378 e. The fourth-order valence-corrected chi connectivity index (χ4v) is 4.92. The number of hydrogen-bond acceptors (Lipinski definition) is 8. The summed E-state index contributed by atoms with van der Waals surface area (Å²) in [6, 6.07) is 3.04. The number of nitro groups is 1. The third-order valence-corrected chi connectivity index (χ3v) is 7.23. The van der Waals surface area contributed by atoms with Gasteiger partial charge in [-0.05, 0) is 26.1 Å². The molecule has 1 aromatic carbocycles. The number of carbonyl (C=O) groups is 1. The minimum atomic E-state index is -3.83. The van der Waals surface area contributed by atoms with Crippen molar-refractivity contribution in [2.75, 3.05) is 64.8 Å². The third-order valence-electron chi connectivity index (χ3n) is 5.33. The van der Waals surface area contributed by atoms with E-state index in [2.05, 4.69) is 5.32 Å². The lowest BCUT2D eigenvalue weighted by Gasteiger charge is -2.31. The summed E-state index contributed by atoms with van der Waals surface area (Å²) in [5, 5.41) is 14.5. The van der Waals surface area contributed by atoms with Gasteiger partial charge in [0, 0.05) is 45.3 Å². The van der Waals surface area contributed by atoms with Crippen molar-refractivity contribution in [3.63, 3.8) is 0 Å². The fourth-order valence-electron chi connectivity index (χ4n) is 3.48. The molecule has 2 aliphatic rings. The van der Waals surface area contributed by atoms with Crippen LogP contribution in [0, 0.1) is 10.1 Å². The maximum Gasteiger partial charge on any atom is 0.293 e. The highest BCUT2D eigenvalue weighted by molar-refractivity contribution is 7.89. The van der Waals surface area contributed by atoms with Crippen LogP contribution < -0.4 is 5.32 Å². The molecule has 1 amide bonds.